The predicted octanol–water partition coefficient (Wildman–Crippen LogP) is 1.15. The third-order valence-electron chi connectivity index (χ3n) is 2.75. The summed E-state index contributed by atoms with van der Waals surface area (Å²) in [5.41, 5.74) is 6.46. The van der Waals surface area contributed by atoms with Crippen LogP contribution in [0.2, 0.25) is 0 Å². The number of hydrogen-bond acceptors (Lipinski definition) is 3. The molecule has 0 aliphatic carbocycles. The number of aromatic nitrogens is 1. The van der Waals surface area contributed by atoms with E-state index in [-0.39, 0.29) is 17.1 Å². The Morgan fingerprint density at radius 3 is 2.67 bits per heavy atom. The van der Waals surface area contributed by atoms with Crippen molar-refractivity contribution >= 4 is 11.7 Å². The van der Waals surface area contributed by atoms with Crippen LogP contribution in [0, 0.1) is 0 Å². The van der Waals surface area contributed by atoms with E-state index >= 15 is 0 Å². The minimum atomic E-state index is -0.610. The Morgan fingerprint density at radius 2 is 2.05 bits per heavy atom. The molecule has 0 spiro atoms. The quantitative estimate of drug-likeness (QED) is 0.650. The van der Waals surface area contributed by atoms with Gasteiger partial charge in [0.1, 0.15) is 17.3 Å². The summed E-state index contributed by atoms with van der Waals surface area (Å²) in [6.07, 6.45) is 3.35. The summed E-state index contributed by atoms with van der Waals surface area (Å²) in [5.74, 6) is -0.228. The molecule has 0 saturated carbocycles. The van der Waals surface area contributed by atoms with Crippen molar-refractivity contribution in [2.24, 2.45) is 10.7 Å². The monoisotopic (exact) mass is 286 g/mol. The topological polar surface area (TPSA) is 99.0 Å². The van der Waals surface area contributed by atoms with Crippen LogP contribution in [0.25, 0.3) is 0 Å². The fraction of sp³-hybridized carbons (Fsp3) is 0.133. The van der Waals surface area contributed by atoms with E-state index in [2.05, 4.69) is 9.98 Å². The van der Waals surface area contributed by atoms with Crippen LogP contribution in [0.4, 0.5) is 0 Å². The van der Waals surface area contributed by atoms with Gasteiger partial charge in [-0.25, -0.2) is 4.98 Å². The number of amidine groups is 1. The summed E-state index contributed by atoms with van der Waals surface area (Å²) in [6, 6.07) is 7.83. The van der Waals surface area contributed by atoms with Gasteiger partial charge in [0.25, 0.3) is 5.91 Å². The average molecular weight is 286 g/mol. The van der Waals surface area contributed by atoms with Crippen LogP contribution >= 0.6 is 0 Å². The number of nitrogens with one attached hydrogen (secondary N) is 1. The maximum absolute atomic E-state index is 12.0. The first-order valence-corrected chi connectivity index (χ1v) is 6.42. The third-order valence-corrected chi connectivity index (χ3v) is 2.75. The van der Waals surface area contributed by atoms with Gasteiger partial charge in [0.05, 0.1) is 12.2 Å². The summed E-state index contributed by atoms with van der Waals surface area (Å²) >= 11 is 0. The zero-order chi connectivity index (χ0) is 15.2. The lowest BCUT2D eigenvalue weighted by atomic mass is 10.1. The van der Waals surface area contributed by atoms with Crippen LogP contribution < -0.4 is 15.5 Å². The molecule has 0 atom stereocenters. The normalized spacial score (nSPS) is 11.2. The molecule has 0 fully saturated rings. The number of benzene rings is 1. The van der Waals surface area contributed by atoms with Gasteiger partial charge in [0.15, 0.2) is 12.4 Å². The molecule has 108 valence electrons. The van der Waals surface area contributed by atoms with Crippen molar-refractivity contribution in [3.63, 3.8) is 0 Å². The number of phenols is 1. The summed E-state index contributed by atoms with van der Waals surface area (Å²) in [5, 5.41) is 9.86. The van der Waals surface area contributed by atoms with Crippen LogP contribution in [-0.2, 0) is 0 Å². The van der Waals surface area contributed by atoms with Crippen LogP contribution in [0.5, 0.6) is 11.5 Å². The molecular weight excluding hydrogens is 270 g/mol. The second-order valence-electron chi connectivity index (χ2n) is 4.20. The maximum atomic E-state index is 12.0. The van der Waals surface area contributed by atoms with E-state index in [9.17, 15) is 9.90 Å². The highest BCUT2D eigenvalue weighted by Crippen LogP contribution is 2.24. The number of phenolic OH excluding ortho intramolecular Hbond substituents is 1. The number of rotatable bonds is 4. The van der Waals surface area contributed by atoms with Gasteiger partial charge in [-0.05, 0) is 19.1 Å². The Hall–Kier alpha value is -2.89. The first kappa shape index (κ1) is 14.5. The number of nitrogens with zero attached hydrogens (tertiary/aromatic N) is 1. The van der Waals surface area contributed by atoms with Crippen LogP contribution in [0.15, 0.2) is 47.7 Å². The van der Waals surface area contributed by atoms with Crippen molar-refractivity contribution in [3.05, 3.63) is 53.9 Å². The summed E-state index contributed by atoms with van der Waals surface area (Å²) in [7, 11) is 0. The standard InChI is InChI=1S/C15H15N3O3/c1-2-21-11-3-4-12(13(19)9-11)15(20)18-14(16)10-5-7-17-8-6-10/h3-9,19H,2H2,1H3,(H2,16,18,20)/p+1. The Labute approximate surface area is 121 Å². The van der Waals surface area contributed by atoms with Gasteiger partial charge in [-0.2, -0.15) is 4.99 Å². The van der Waals surface area contributed by atoms with Crippen molar-refractivity contribution in [2.45, 2.75) is 6.92 Å². The molecule has 6 nitrogen and oxygen atoms in total. The highest BCUT2D eigenvalue weighted by Gasteiger charge is 2.12. The lowest BCUT2D eigenvalue weighted by Crippen LogP contribution is -2.17. The molecule has 1 heterocycles. The molecule has 1 aromatic carbocycles. The van der Waals surface area contributed by atoms with Gasteiger partial charge in [-0.1, -0.05) is 0 Å². The number of ether oxygens (including phenoxy) is 1. The van der Waals surface area contributed by atoms with Gasteiger partial charge < -0.3 is 15.6 Å². The molecule has 0 aliphatic rings. The number of hydrogen-bond donors (Lipinski definition) is 2. The molecule has 0 bridgehead atoms. The predicted molar refractivity (Wildman–Crippen MR) is 77.3 cm³/mol. The minimum absolute atomic E-state index is 0.0731. The molecule has 0 unspecified atom stereocenters. The molecular formula is C15H16N3O3+. The number of aromatic amines is 1. The van der Waals surface area contributed by atoms with E-state index in [0.717, 1.165) is 0 Å². The van der Waals surface area contributed by atoms with Gasteiger partial charge in [-0.15, -0.1) is 0 Å². The number of amides is 1. The first-order valence-electron chi connectivity index (χ1n) is 6.42. The molecule has 2 rings (SSSR count). The summed E-state index contributed by atoms with van der Waals surface area (Å²) in [6.45, 7) is 2.31. The van der Waals surface area contributed by atoms with E-state index in [0.29, 0.717) is 17.9 Å². The van der Waals surface area contributed by atoms with Crippen molar-refractivity contribution in [1.82, 2.24) is 0 Å². The Kier molecular flexibility index (Phi) is 4.50. The largest absolute Gasteiger partial charge is 0.507 e. The van der Waals surface area contributed by atoms with Gasteiger partial charge in [-0.3, -0.25) is 4.79 Å². The molecule has 0 saturated heterocycles. The van der Waals surface area contributed by atoms with Gasteiger partial charge >= 0.3 is 0 Å². The lowest BCUT2D eigenvalue weighted by molar-refractivity contribution is -0.378. The Bertz CT molecular complexity index is 669. The van der Waals surface area contributed by atoms with Crippen molar-refractivity contribution in [2.75, 3.05) is 6.61 Å². The Morgan fingerprint density at radius 1 is 1.33 bits per heavy atom. The minimum Gasteiger partial charge on any atom is -0.507 e. The van der Waals surface area contributed by atoms with E-state index in [1.165, 1.54) is 12.1 Å². The molecule has 0 aliphatic heterocycles. The molecule has 4 N–H and O–H groups in total. The lowest BCUT2D eigenvalue weighted by Gasteiger charge is -2.06. The van der Waals surface area contributed by atoms with E-state index < -0.39 is 5.91 Å². The number of carbonyl (C=O) groups is 1. The maximum Gasteiger partial charge on any atom is 0.282 e. The van der Waals surface area contributed by atoms with Crippen molar-refractivity contribution < 1.29 is 19.6 Å². The number of pyridine rings is 1. The summed E-state index contributed by atoms with van der Waals surface area (Å²) < 4.78 is 5.24. The molecule has 2 aromatic rings. The number of aliphatic imine (C=N–C) groups is 1. The molecule has 0 radical (unpaired) electrons. The molecule has 21 heavy (non-hydrogen) atoms. The fourth-order valence-electron chi connectivity index (χ4n) is 1.74. The van der Waals surface area contributed by atoms with E-state index in [4.69, 9.17) is 10.5 Å². The van der Waals surface area contributed by atoms with Crippen LogP contribution in [-0.4, -0.2) is 23.5 Å². The number of aromatic hydroxyl groups is 1. The highest BCUT2D eigenvalue weighted by atomic mass is 16.5. The highest BCUT2D eigenvalue weighted by molar-refractivity contribution is 6.09. The van der Waals surface area contributed by atoms with Crippen molar-refractivity contribution in [3.8, 4) is 11.5 Å². The SMILES string of the molecule is CCOc1ccc(C(=O)N=C(N)c2cc[nH+]cc2)c(O)c1. The van der Waals surface area contributed by atoms with Crippen LogP contribution in [0.3, 0.4) is 0 Å². The number of H-pyrrole nitrogens is 1. The molecule has 6 heteroatoms. The summed E-state index contributed by atoms with van der Waals surface area (Å²) in [4.78, 5) is 18.7. The van der Waals surface area contributed by atoms with Crippen LogP contribution in [0.1, 0.15) is 22.8 Å². The molecule has 1 aromatic heterocycles. The third kappa shape index (κ3) is 3.56. The second kappa shape index (κ2) is 6.51. The zero-order valence-electron chi connectivity index (χ0n) is 11.5. The van der Waals surface area contributed by atoms with Gasteiger partial charge in [0.2, 0.25) is 0 Å². The average Bonchev–Trinajstić information content (AvgIpc) is 2.48. The second-order valence-corrected chi connectivity index (χ2v) is 4.20. The smallest absolute Gasteiger partial charge is 0.282 e. The van der Waals surface area contributed by atoms with Gasteiger partial charge in [0, 0.05) is 23.8 Å². The first-order chi connectivity index (χ1) is 10.1. The van der Waals surface area contributed by atoms with Crippen molar-refractivity contribution in [1.29, 1.82) is 0 Å². The van der Waals surface area contributed by atoms with E-state index in [1.54, 1.807) is 30.6 Å². The fourth-order valence-corrected chi connectivity index (χ4v) is 1.74. The molecule has 1 amide bonds. The van der Waals surface area contributed by atoms with E-state index in [1.807, 2.05) is 6.92 Å². The number of nitrogens with two attached hydrogens (primary N) is 1. The zero-order valence-corrected chi connectivity index (χ0v) is 11.5. The number of carbonyl (C=O) groups excluding carboxylic acids is 1. The Balaban J connectivity index is 2.24.